The highest BCUT2D eigenvalue weighted by molar-refractivity contribution is 5.90. The van der Waals surface area contributed by atoms with Gasteiger partial charge in [0.15, 0.2) is 12.4 Å². The summed E-state index contributed by atoms with van der Waals surface area (Å²) in [5.74, 6) is -1.10. The molecular weight excluding hydrogens is 548 g/mol. The first-order valence-electron chi connectivity index (χ1n) is 14.1. The average molecular weight is 583 g/mol. The van der Waals surface area contributed by atoms with E-state index in [-0.39, 0.29) is 19.8 Å². The van der Waals surface area contributed by atoms with Crippen molar-refractivity contribution in [1.29, 1.82) is 0 Å². The van der Waals surface area contributed by atoms with Crippen molar-refractivity contribution in [3.8, 4) is 0 Å². The second-order valence-electron chi connectivity index (χ2n) is 10.0. The van der Waals surface area contributed by atoms with E-state index in [1.807, 2.05) is 72.8 Å². The number of carbonyl (C=O) groups is 2. The summed E-state index contributed by atoms with van der Waals surface area (Å²) in [7, 11) is 1.50. The van der Waals surface area contributed by atoms with E-state index in [9.17, 15) is 9.59 Å². The van der Waals surface area contributed by atoms with Crippen LogP contribution in [0.1, 0.15) is 31.8 Å². The fraction of sp³-hybridized carbons (Fsp3) is 0.257. The average Bonchev–Trinajstić information content (AvgIpc) is 3.07. The SMILES string of the molecule is CO[C@H]1O[C@H](COC(=O)c2ccccc2)[C@@H](OC(=O)c2ccccc2)[C@H](OCc2ccccc2)[C@H]1OCc1ccccc1. The zero-order valence-corrected chi connectivity index (χ0v) is 23.8. The van der Waals surface area contributed by atoms with Gasteiger partial charge in [-0.3, -0.25) is 0 Å². The quantitative estimate of drug-likeness (QED) is 0.199. The molecule has 0 aliphatic carbocycles. The Hall–Kier alpha value is -4.34. The van der Waals surface area contributed by atoms with Gasteiger partial charge in [-0.1, -0.05) is 97.1 Å². The van der Waals surface area contributed by atoms with E-state index in [0.717, 1.165) is 11.1 Å². The van der Waals surface area contributed by atoms with Gasteiger partial charge in [-0.15, -0.1) is 0 Å². The van der Waals surface area contributed by atoms with Crippen molar-refractivity contribution in [2.24, 2.45) is 0 Å². The maximum Gasteiger partial charge on any atom is 0.338 e. The van der Waals surface area contributed by atoms with Gasteiger partial charge in [-0.25, -0.2) is 9.59 Å². The minimum atomic E-state index is -1.01. The molecule has 5 rings (SSSR count). The third kappa shape index (κ3) is 8.15. The van der Waals surface area contributed by atoms with Crippen LogP contribution in [0, 0.1) is 0 Å². The number of methoxy groups -OCH3 is 1. The van der Waals surface area contributed by atoms with Crippen molar-refractivity contribution in [1.82, 2.24) is 0 Å². The summed E-state index contributed by atoms with van der Waals surface area (Å²) < 4.78 is 36.6. The zero-order valence-electron chi connectivity index (χ0n) is 23.8. The van der Waals surface area contributed by atoms with Crippen molar-refractivity contribution < 1.29 is 38.0 Å². The minimum absolute atomic E-state index is 0.211. The summed E-state index contributed by atoms with van der Waals surface area (Å²) in [5, 5.41) is 0. The molecule has 0 amide bonds. The van der Waals surface area contributed by atoms with E-state index >= 15 is 0 Å². The molecule has 0 spiro atoms. The van der Waals surface area contributed by atoms with Gasteiger partial charge in [-0.05, 0) is 35.4 Å². The van der Waals surface area contributed by atoms with Crippen LogP contribution < -0.4 is 0 Å². The van der Waals surface area contributed by atoms with Crippen molar-refractivity contribution >= 4 is 11.9 Å². The maximum absolute atomic E-state index is 13.4. The van der Waals surface area contributed by atoms with Gasteiger partial charge < -0.3 is 28.4 Å². The second-order valence-corrected chi connectivity index (χ2v) is 10.0. The highest BCUT2D eigenvalue weighted by atomic mass is 16.7. The summed E-state index contributed by atoms with van der Waals surface area (Å²) in [5.41, 5.74) is 2.61. The lowest BCUT2D eigenvalue weighted by Crippen LogP contribution is -2.62. The summed E-state index contributed by atoms with van der Waals surface area (Å²) >= 11 is 0. The highest BCUT2D eigenvalue weighted by Gasteiger charge is 2.50. The molecule has 0 unspecified atom stereocenters. The Morgan fingerprint density at radius 2 is 1.07 bits per heavy atom. The van der Waals surface area contributed by atoms with E-state index < -0.39 is 42.6 Å². The molecular formula is C35H34O8. The maximum atomic E-state index is 13.4. The Morgan fingerprint density at radius 1 is 0.605 bits per heavy atom. The van der Waals surface area contributed by atoms with Gasteiger partial charge in [-0.2, -0.15) is 0 Å². The van der Waals surface area contributed by atoms with Crippen LogP contribution in [0.25, 0.3) is 0 Å². The van der Waals surface area contributed by atoms with Crippen molar-refractivity contribution in [2.45, 2.75) is 43.9 Å². The number of rotatable bonds is 12. The molecule has 0 N–H and O–H groups in total. The van der Waals surface area contributed by atoms with E-state index in [1.165, 1.54) is 7.11 Å². The van der Waals surface area contributed by atoms with Crippen LogP contribution in [0.2, 0.25) is 0 Å². The molecule has 1 heterocycles. The Balaban J connectivity index is 1.44. The molecule has 1 fully saturated rings. The first-order valence-corrected chi connectivity index (χ1v) is 14.1. The Kier molecular flexibility index (Phi) is 10.7. The molecule has 1 aliphatic heterocycles. The number of hydrogen-bond acceptors (Lipinski definition) is 8. The summed E-state index contributed by atoms with van der Waals surface area (Å²) in [6.45, 7) is 0.243. The normalized spacial score (nSPS) is 21.6. The van der Waals surface area contributed by atoms with E-state index in [0.29, 0.717) is 11.1 Å². The van der Waals surface area contributed by atoms with Gasteiger partial charge in [0.2, 0.25) is 0 Å². The molecule has 1 aliphatic rings. The zero-order chi connectivity index (χ0) is 29.9. The molecule has 4 aromatic rings. The summed E-state index contributed by atoms with van der Waals surface area (Å²) in [4.78, 5) is 26.2. The van der Waals surface area contributed by atoms with Crippen molar-refractivity contribution in [2.75, 3.05) is 13.7 Å². The third-order valence-corrected chi connectivity index (χ3v) is 7.03. The lowest BCUT2D eigenvalue weighted by molar-refractivity contribution is -0.313. The molecule has 222 valence electrons. The highest BCUT2D eigenvalue weighted by Crippen LogP contribution is 2.31. The topological polar surface area (TPSA) is 89.5 Å². The van der Waals surface area contributed by atoms with Crippen LogP contribution in [-0.2, 0) is 41.6 Å². The molecule has 0 aromatic heterocycles. The number of benzene rings is 4. The van der Waals surface area contributed by atoms with E-state index in [1.54, 1.807) is 48.5 Å². The molecule has 5 atom stereocenters. The molecule has 43 heavy (non-hydrogen) atoms. The lowest BCUT2D eigenvalue weighted by atomic mass is 9.97. The van der Waals surface area contributed by atoms with Gasteiger partial charge in [0.25, 0.3) is 0 Å². The van der Waals surface area contributed by atoms with Gasteiger partial charge in [0, 0.05) is 7.11 Å². The van der Waals surface area contributed by atoms with Crippen LogP contribution in [0.5, 0.6) is 0 Å². The third-order valence-electron chi connectivity index (χ3n) is 7.03. The monoisotopic (exact) mass is 582 g/mol. The number of hydrogen-bond donors (Lipinski definition) is 0. The van der Waals surface area contributed by atoms with Crippen LogP contribution in [-0.4, -0.2) is 56.4 Å². The Morgan fingerprint density at radius 3 is 1.58 bits per heavy atom. The standard InChI is InChI=1S/C35H34O8/c1-38-35-32(40-23-26-16-8-3-9-17-26)31(39-22-25-14-6-2-7-15-25)30(43-34(37)28-20-12-5-13-21-28)29(42-35)24-41-33(36)27-18-10-4-11-19-27/h2-21,29-32,35H,22-24H2,1H3/t29-,30-,31+,32-,35+/m1/s1. The molecule has 0 saturated carbocycles. The van der Waals surface area contributed by atoms with Crippen LogP contribution in [0.4, 0.5) is 0 Å². The van der Waals surface area contributed by atoms with Gasteiger partial charge in [0.05, 0.1) is 24.3 Å². The molecule has 8 nitrogen and oxygen atoms in total. The molecule has 0 radical (unpaired) electrons. The number of carbonyl (C=O) groups excluding carboxylic acids is 2. The van der Waals surface area contributed by atoms with Crippen LogP contribution >= 0.6 is 0 Å². The fourth-order valence-corrected chi connectivity index (χ4v) is 4.82. The van der Waals surface area contributed by atoms with Crippen molar-refractivity contribution in [3.05, 3.63) is 144 Å². The predicted octanol–water partition coefficient (Wildman–Crippen LogP) is 5.61. The first kappa shape index (κ1) is 30.1. The minimum Gasteiger partial charge on any atom is -0.459 e. The Bertz CT molecular complexity index is 1420. The smallest absolute Gasteiger partial charge is 0.338 e. The summed E-state index contributed by atoms with van der Waals surface area (Å²) in [6.07, 6.45) is -4.45. The van der Waals surface area contributed by atoms with E-state index in [2.05, 4.69) is 0 Å². The molecule has 4 aromatic carbocycles. The number of esters is 2. The lowest BCUT2D eigenvalue weighted by Gasteiger charge is -2.44. The largest absolute Gasteiger partial charge is 0.459 e. The predicted molar refractivity (Wildman–Crippen MR) is 158 cm³/mol. The molecule has 8 heteroatoms. The fourth-order valence-electron chi connectivity index (χ4n) is 4.82. The van der Waals surface area contributed by atoms with Crippen molar-refractivity contribution in [3.63, 3.8) is 0 Å². The second kappa shape index (κ2) is 15.2. The first-order chi connectivity index (χ1) is 21.1. The van der Waals surface area contributed by atoms with Gasteiger partial charge in [0.1, 0.15) is 24.9 Å². The molecule has 1 saturated heterocycles. The van der Waals surface area contributed by atoms with Crippen LogP contribution in [0.3, 0.4) is 0 Å². The Labute approximate surface area is 251 Å². The summed E-state index contributed by atoms with van der Waals surface area (Å²) in [6, 6.07) is 36.6. The van der Waals surface area contributed by atoms with Crippen LogP contribution in [0.15, 0.2) is 121 Å². The molecule has 0 bridgehead atoms. The number of ether oxygens (including phenoxy) is 6. The van der Waals surface area contributed by atoms with Gasteiger partial charge >= 0.3 is 11.9 Å². The van der Waals surface area contributed by atoms with E-state index in [4.69, 9.17) is 28.4 Å².